The Balaban J connectivity index is 2.84. The number of amides is 2. The lowest BCUT2D eigenvalue weighted by molar-refractivity contribution is -0.384. The lowest BCUT2D eigenvalue weighted by atomic mass is 10.2. The number of nitro groups is 1. The summed E-state index contributed by atoms with van der Waals surface area (Å²) in [4.78, 5) is 32.9. The van der Waals surface area contributed by atoms with Crippen molar-refractivity contribution in [2.24, 2.45) is 0 Å². The minimum absolute atomic E-state index is 0.0812. The molecule has 0 aliphatic carbocycles. The summed E-state index contributed by atoms with van der Waals surface area (Å²) >= 11 is 5.37. The molecule has 0 spiro atoms. The molecule has 1 aromatic rings. The third-order valence-electron chi connectivity index (χ3n) is 2.23. The Bertz CT molecular complexity index is 535. The Kier molecular flexibility index (Phi) is 5.73. The second-order valence-electron chi connectivity index (χ2n) is 3.54. The van der Waals surface area contributed by atoms with E-state index in [-0.39, 0.29) is 29.5 Å². The Morgan fingerprint density at radius 1 is 1.40 bits per heavy atom. The van der Waals surface area contributed by atoms with Crippen LogP contribution in [0.2, 0.25) is 0 Å². The van der Waals surface area contributed by atoms with Crippen molar-refractivity contribution in [1.82, 2.24) is 5.32 Å². The van der Waals surface area contributed by atoms with Crippen molar-refractivity contribution in [2.45, 2.75) is 0 Å². The predicted octanol–water partition coefficient (Wildman–Crippen LogP) is 0.897. The fraction of sp³-hybridized carbons (Fsp3) is 0.273. The number of anilines is 1. The molecule has 9 heteroatoms. The molecule has 0 atom stereocenters. The quantitative estimate of drug-likeness (QED) is 0.363. The second-order valence-corrected chi connectivity index (χ2v) is 3.92. The highest BCUT2D eigenvalue weighted by Crippen LogP contribution is 2.28. The molecular formula is C11H12ClN3O5. The lowest BCUT2D eigenvalue weighted by Crippen LogP contribution is -2.36. The lowest BCUT2D eigenvalue weighted by Gasteiger charge is -2.09. The summed E-state index contributed by atoms with van der Waals surface area (Å²) in [5, 5.41) is 15.2. The topological polar surface area (TPSA) is 111 Å². The van der Waals surface area contributed by atoms with Gasteiger partial charge in [-0.1, -0.05) is 0 Å². The molecule has 0 unspecified atom stereocenters. The van der Waals surface area contributed by atoms with Crippen LogP contribution in [0.1, 0.15) is 0 Å². The monoisotopic (exact) mass is 301 g/mol. The van der Waals surface area contributed by atoms with E-state index in [9.17, 15) is 19.7 Å². The standard InChI is InChI=1S/C11H12ClN3O5/c1-20-9-6-7(15(18)19)2-3-8(9)14-11(17)10(16)13-5-4-12/h2-3,6H,4-5H2,1H3,(H,13,16)(H,14,17). The van der Waals surface area contributed by atoms with Gasteiger partial charge in [-0.3, -0.25) is 19.7 Å². The van der Waals surface area contributed by atoms with Crippen LogP contribution in [0.5, 0.6) is 5.75 Å². The number of benzene rings is 1. The fourth-order valence-electron chi connectivity index (χ4n) is 1.32. The van der Waals surface area contributed by atoms with Crippen LogP contribution in [-0.4, -0.2) is 36.3 Å². The molecule has 0 heterocycles. The third kappa shape index (κ3) is 4.09. The van der Waals surface area contributed by atoms with Crippen molar-refractivity contribution in [3.05, 3.63) is 28.3 Å². The summed E-state index contributed by atoms with van der Waals surface area (Å²) in [6.45, 7) is 0.158. The van der Waals surface area contributed by atoms with E-state index in [1.54, 1.807) is 0 Å². The van der Waals surface area contributed by atoms with E-state index in [2.05, 4.69) is 10.6 Å². The van der Waals surface area contributed by atoms with Gasteiger partial charge in [0.15, 0.2) is 0 Å². The Morgan fingerprint density at radius 2 is 2.10 bits per heavy atom. The number of nitro benzene ring substituents is 1. The van der Waals surface area contributed by atoms with E-state index in [0.29, 0.717) is 0 Å². The number of hydrogen-bond donors (Lipinski definition) is 2. The number of non-ortho nitro benzene ring substituents is 1. The Morgan fingerprint density at radius 3 is 2.65 bits per heavy atom. The molecule has 0 fully saturated rings. The van der Waals surface area contributed by atoms with E-state index in [4.69, 9.17) is 16.3 Å². The largest absolute Gasteiger partial charge is 0.494 e. The minimum Gasteiger partial charge on any atom is -0.494 e. The third-order valence-corrected chi connectivity index (χ3v) is 2.42. The molecule has 8 nitrogen and oxygen atoms in total. The Hall–Kier alpha value is -2.35. The van der Waals surface area contributed by atoms with Crippen molar-refractivity contribution >= 4 is 34.8 Å². The zero-order chi connectivity index (χ0) is 15.1. The van der Waals surface area contributed by atoms with E-state index in [0.717, 1.165) is 6.07 Å². The molecule has 0 radical (unpaired) electrons. The maximum Gasteiger partial charge on any atom is 0.313 e. The molecule has 0 aliphatic heterocycles. The van der Waals surface area contributed by atoms with Crippen molar-refractivity contribution < 1.29 is 19.2 Å². The number of hydrogen-bond acceptors (Lipinski definition) is 5. The maximum absolute atomic E-state index is 11.5. The highest BCUT2D eigenvalue weighted by atomic mass is 35.5. The number of halogens is 1. The molecule has 0 aliphatic rings. The number of rotatable bonds is 5. The van der Waals surface area contributed by atoms with E-state index >= 15 is 0 Å². The smallest absolute Gasteiger partial charge is 0.313 e. The van der Waals surface area contributed by atoms with Crippen LogP contribution in [-0.2, 0) is 9.59 Å². The number of ether oxygens (including phenoxy) is 1. The van der Waals surface area contributed by atoms with Crippen LogP contribution < -0.4 is 15.4 Å². The van der Waals surface area contributed by atoms with E-state index in [1.165, 1.54) is 19.2 Å². The van der Waals surface area contributed by atoms with Gasteiger partial charge in [-0.15, -0.1) is 11.6 Å². The summed E-state index contributed by atoms with van der Waals surface area (Å²) in [7, 11) is 1.29. The summed E-state index contributed by atoms with van der Waals surface area (Å²) in [5.74, 6) is -1.51. The molecule has 2 amide bonds. The first kappa shape index (κ1) is 15.7. The maximum atomic E-state index is 11.5. The van der Waals surface area contributed by atoms with Gasteiger partial charge in [0.25, 0.3) is 5.69 Å². The van der Waals surface area contributed by atoms with Gasteiger partial charge < -0.3 is 15.4 Å². The molecule has 1 rings (SSSR count). The first-order valence-corrected chi connectivity index (χ1v) is 6.00. The molecular weight excluding hydrogens is 290 g/mol. The van der Waals surface area contributed by atoms with Gasteiger partial charge in [-0.2, -0.15) is 0 Å². The van der Waals surface area contributed by atoms with Crippen LogP contribution in [0.3, 0.4) is 0 Å². The normalized spacial score (nSPS) is 9.70. The average Bonchev–Trinajstić information content (AvgIpc) is 2.44. The molecule has 0 saturated heterocycles. The molecule has 0 bridgehead atoms. The molecule has 0 aromatic heterocycles. The van der Waals surface area contributed by atoms with Gasteiger partial charge in [0.05, 0.1) is 23.8 Å². The molecule has 1 aromatic carbocycles. The number of carbonyl (C=O) groups excluding carboxylic acids is 2. The number of carbonyl (C=O) groups is 2. The van der Waals surface area contributed by atoms with E-state index < -0.39 is 16.7 Å². The molecule has 2 N–H and O–H groups in total. The van der Waals surface area contributed by atoms with Gasteiger partial charge >= 0.3 is 11.8 Å². The molecule has 20 heavy (non-hydrogen) atoms. The van der Waals surface area contributed by atoms with Crippen molar-refractivity contribution in [3.63, 3.8) is 0 Å². The summed E-state index contributed by atoms with van der Waals surface area (Å²) < 4.78 is 4.93. The highest BCUT2D eigenvalue weighted by Gasteiger charge is 2.17. The van der Waals surface area contributed by atoms with Crippen LogP contribution in [0.25, 0.3) is 0 Å². The van der Waals surface area contributed by atoms with Gasteiger partial charge in [-0.05, 0) is 6.07 Å². The van der Waals surface area contributed by atoms with E-state index in [1.807, 2.05) is 0 Å². The number of nitrogens with one attached hydrogen (secondary N) is 2. The van der Waals surface area contributed by atoms with Crippen molar-refractivity contribution in [2.75, 3.05) is 24.9 Å². The highest BCUT2D eigenvalue weighted by molar-refractivity contribution is 6.39. The van der Waals surface area contributed by atoms with Gasteiger partial charge in [0, 0.05) is 18.5 Å². The first-order valence-electron chi connectivity index (χ1n) is 5.47. The summed E-state index contributed by atoms with van der Waals surface area (Å²) in [6.07, 6.45) is 0. The SMILES string of the molecule is COc1cc([N+](=O)[O-])ccc1NC(=O)C(=O)NCCCl. The zero-order valence-corrected chi connectivity index (χ0v) is 11.3. The Labute approximate surface area is 119 Å². The van der Waals surface area contributed by atoms with Gasteiger partial charge in [0.1, 0.15) is 5.75 Å². The number of alkyl halides is 1. The molecule has 0 saturated carbocycles. The van der Waals surface area contributed by atoms with Gasteiger partial charge in [0.2, 0.25) is 0 Å². The average molecular weight is 302 g/mol. The number of nitrogens with zero attached hydrogens (tertiary/aromatic N) is 1. The fourth-order valence-corrected chi connectivity index (χ4v) is 1.41. The summed E-state index contributed by atoms with van der Waals surface area (Å²) in [6, 6.07) is 3.62. The van der Waals surface area contributed by atoms with Crippen molar-refractivity contribution in [1.29, 1.82) is 0 Å². The van der Waals surface area contributed by atoms with Gasteiger partial charge in [-0.25, -0.2) is 0 Å². The molecule has 108 valence electrons. The minimum atomic E-state index is -0.915. The van der Waals surface area contributed by atoms with Crippen LogP contribution in [0.15, 0.2) is 18.2 Å². The summed E-state index contributed by atoms with van der Waals surface area (Å²) in [5.41, 5.74) is -0.0319. The predicted molar refractivity (Wildman–Crippen MR) is 72.0 cm³/mol. The van der Waals surface area contributed by atoms with Crippen LogP contribution in [0.4, 0.5) is 11.4 Å². The second kappa shape index (κ2) is 7.29. The number of methoxy groups -OCH3 is 1. The van der Waals surface area contributed by atoms with Crippen LogP contribution >= 0.6 is 11.6 Å². The van der Waals surface area contributed by atoms with Crippen molar-refractivity contribution in [3.8, 4) is 5.75 Å². The van der Waals surface area contributed by atoms with Crippen LogP contribution in [0, 0.1) is 10.1 Å². The first-order chi connectivity index (χ1) is 9.49. The zero-order valence-electron chi connectivity index (χ0n) is 10.5.